The molecule has 0 radical (unpaired) electrons. The van der Waals surface area contributed by atoms with E-state index in [1.807, 2.05) is 0 Å². The molecule has 1 saturated heterocycles. The van der Waals surface area contributed by atoms with Crippen LogP contribution >= 0.6 is 0 Å². The van der Waals surface area contributed by atoms with Crippen molar-refractivity contribution in [3.8, 4) is 0 Å². The molecule has 12 nitrogen and oxygen atoms in total. The van der Waals surface area contributed by atoms with Crippen molar-refractivity contribution in [2.75, 3.05) is 13.2 Å². The molecule has 1 heterocycles. The lowest BCUT2D eigenvalue weighted by Gasteiger charge is -2.40. The van der Waals surface area contributed by atoms with Crippen molar-refractivity contribution >= 4 is 23.9 Å². The second-order valence-corrected chi connectivity index (χ2v) is 20.9. The highest BCUT2D eigenvalue weighted by atomic mass is 16.7. The first kappa shape index (κ1) is 72.7. The maximum absolute atomic E-state index is 13.2. The number of hydrogen-bond acceptors (Lipinski definition) is 11. The Bertz CT molecular complexity index is 1740. The molecular weight excluding hydrogens is 997 g/mol. The fourth-order valence-electron chi connectivity index (χ4n) is 8.83. The molecular formula is C67H110O12. The Hall–Kier alpha value is -4.36. The van der Waals surface area contributed by atoms with Gasteiger partial charge in [0.1, 0.15) is 18.8 Å². The van der Waals surface area contributed by atoms with Crippen LogP contribution in [-0.2, 0) is 42.9 Å². The fraction of sp³-hybridized carbons (Fsp3) is 0.701. The Balaban J connectivity index is 2.72. The average Bonchev–Trinajstić information content (AvgIpc) is 3.46. The molecule has 0 spiro atoms. The number of esters is 3. The number of carbonyl (C=O) groups is 4. The van der Waals surface area contributed by atoms with E-state index in [0.29, 0.717) is 19.3 Å². The third-order valence-corrected chi connectivity index (χ3v) is 13.6. The molecule has 0 saturated carbocycles. The molecule has 6 atom stereocenters. The highest BCUT2D eigenvalue weighted by molar-refractivity contribution is 5.74. The summed E-state index contributed by atoms with van der Waals surface area (Å²) in [6, 6.07) is 0. The smallest absolute Gasteiger partial charge is 0.335 e. The predicted molar refractivity (Wildman–Crippen MR) is 321 cm³/mol. The largest absolute Gasteiger partial charge is 0.479 e. The number of carboxylic acids is 1. The summed E-state index contributed by atoms with van der Waals surface area (Å²) in [4.78, 5) is 51.2. The van der Waals surface area contributed by atoms with Gasteiger partial charge in [-0.3, -0.25) is 14.4 Å². The number of aliphatic carboxylic acids is 1. The topological polar surface area (TPSA) is 175 Å². The molecule has 12 heteroatoms. The van der Waals surface area contributed by atoms with E-state index in [-0.39, 0.29) is 25.9 Å². The highest BCUT2D eigenvalue weighted by Crippen LogP contribution is 2.26. The van der Waals surface area contributed by atoms with Crippen molar-refractivity contribution in [1.29, 1.82) is 0 Å². The van der Waals surface area contributed by atoms with E-state index in [1.54, 1.807) is 0 Å². The zero-order chi connectivity index (χ0) is 57.5. The van der Waals surface area contributed by atoms with Gasteiger partial charge in [-0.05, 0) is 122 Å². The van der Waals surface area contributed by atoms with Gasteiger partial charge in [-0.15, -0.1) is 0 Å². The van der Waals surface area contributed by atoms with Crippen molar-refractivity contribution in [2.24, 2.45) is 0 Å². The summed E-state index contributed by atoms with van der Waals surface area (Å²) in [5.41, 5.74) is 0. The summed E-state index contributed by atoms with van der Waals surface area (Å²) in [5, 5.41) is 31.5. The second-order valence-electron chi connectivity index (χ2n) is 20.9. The van der Waals surface area contributed by atoms with E-state index in [0.717, 1.165) is 135 Å². The van der Waals surface area contributed by atoms with Gasteiger partial charge in [0, 0.05) is 19.3 Å². The Morgan fingerprint density at radius 2 is 0.797 bits per heavy atom. The molecule has 1 aliphatic rings. The first-order valence-electron chi connectivity index (χ1n) is 31.2. The van der Waals surface area contributed by atoms with Crippen molar-refractivity contribution in [3.05, 3.63) is 97.2 Å². The number of carbonyl (C=O) groups excluding carboxylic acids is 3. The first-order valence-corrected chi connectivity index (χ1v) is 31.2. The third-order valence-electron chi connectivity index (χ3n) is 13.6. The van der Waals surface area contributed by atoms with Crippen LogP contribution in [0.4, 0.5) is 0 Å². The molecule has 0 aromatic rings. The number of aliphatic hydroxyl groups excluding tert-OH is 2. The lowest BCUT2D eigenvalue weighted by molar-refractivity contribution is -0.301. The van der Waals surface area contributed by atoms with E-state index in [2.05, 4.69) is 118 Å². The first-order chi connectivity index (χ1) is 38.6. The molecule has 79 heavy (non-hydrogen) atoms. The van der Waals surface area contributed by atoms with Crippen LogP contribution in [0.15, 0.2) is 97.2 Å². The van der Waals surface area contributed by atoms with Gasteiger partial charge < -0.3 is 39.0 Å². The van der Waals surface area contributed by atoms with Gasteiger partial charge in [0.2, 0.25) is 0 Å². The van der Waals surface area contributed by atoms with E-state index in [4.69, 9.17) is 23.7 Å². The molecule has 0 aromatic heterocycles. The third kappa shape index (κ3) is 44.0. The molecule has 3 N–H and O–H groups in total. The van der Waals surface area contributed by atoms with Crippen LogP contribution in [0, 0.1) is 0 Å². The maximum atomic E-state index is 13.2. The normalized spacial score (nSPS) is 18.5. The van der Waals surface area contributed by atoms with Crippen LogP contribution in [-0.4, -0.2) is 89.2 Å². The minimum atomic E-state index is -1.92. The Morgan fingerprint density at radius 3 is 1.27 bits per heavy atom. The zero-order valence-electron chi connectivity index (χ0n) is 49.6. The number of hydrogen-bond donors (Lipinski definition) is 3. The average molecular weight is 1110 g/mol. The molecule has 0 amide bonds. The number of aliphatic hydroxyl groups is 2. The van der Waals surface area contributed by atoms with Crippen molar-refractivity contribution < 1.29 is 58.2 Å². The minimum absolute atomic E-state index is 0.0420. The number of carboxylic acid groups (broad SMARTS) is 1. The van der Waals surface area contributed by atoms with E-state index < -0.39 is 67.3 Å². The lowest BCUT2D eigenvalue weighted by Crippen LogP contribution is -2.61. The monoisotopic (exact) mass is 1110 g/mol. The summed E-state index contributed by atoms with van der Waals surface area (Å²) in [6.07, 6.45) is 59.4. The molecule has 1 aliphatic heterocycles. The van der Waals surface area contributed by atoms with Crippen LogP contribution in [0.5, 0.6) is 0 Å². The highest BCUT2D eigenvalue weighted by Gasteiger charge is 2.50. The summed E-state index contributed by atoms with van der Waals surface area (Å²) in [7, 11) is 0. The minimum Gasteiger partial charge on any atom is -0.479 e. The van der Waals surface area contributed by atoms with Crippen LogP contribution in [0.3, 0.4) is 0 Å². The predicted octanol–water partition coefficient (Wildman–Crippen LogP) is 16.5. The molecule has 1 rings (SSSR count). The van der Waals surface area contributed by atoms with Crippen LogP contribution in [0.1, 0.15) is 252 Å². The van der Waals surface area contributed by atoms with Crippen LogP contribution in [0.25, 0.3) is 0 Å². The molecule has 0 bridgehead atoms. The van der Waals surface area contributed by atoms with Crippen molar-refractivity contribution in [3.63, 3.8) is 0 Å². The SMILES string of the molecule is CC/C=C\C/C=C\C/C=C\C/C=C\C/C=C\CCCCCC(=O)OCC(COC1OC(C(=O)O)C(O)C(O)C1OC(=O)CCCCCCC/C=C\CCCCCCCC)OC(=O)CCCCCCC/C=C\C/C=C\CCCCC. The molecule has 6 unspecified atom stereocenters. The Labute approximate surface area is 479 Å². The van der Waals surface area contributed by atoms with Crippen molar-refractivity contribution in [1.82, 2.24) is 0 Å². The van der Waals surface area contributed by atoms with Gasteiger partial charge in [-0.25, -0.2) is 4.79 Å². The maximum Gasteiger partial charge on any atom is 0.335 e. The number of rotatable bonds is 52. The quantitative estimate of drug-likeness (QED) is 0.0228. The van der Waals surface area contributed by atoms with Gasteiger partial charge in [-0.2, -0.15) is 0 Å². The van der Waals surface area contributed by atoms with Gasteiger partial charge in [0.05, 0.1) is 6.61 Å². The van der Waals surface area contributed by atoms with Gasteiger partial charge in [0.15, 0.2) is 24.6 Å². The molecule has 0 aliphatic carbocycles. The van der Waals surface area contributed by atoms with Gasteiger partial charge >= 0.3 is 23.9 Å². The van der Waals surface area contributed by atoms with Crippen molar-refractivity contribution in [2.45, 2.75) is 289 Å². The van der Waals surface area contributed by atoms with Gasteiger partial charge in [0.25, 0.3) is 0 Å². The summed E-state index contributed by atoms with van der Waals surface area (Å²) in [6.45, 7) is 5.81. The number of unbranched alkanes of at least 4 members (excludes halogenated alkanes) is 22. The van der Waals surface area contributed by atoms with E-state index in [9.17, 15) is 34.5 Å². The number of allylic oxidation sites excluding steroid dienone is 16. The van der Waals surface area contributed by atoms with Crippen LogP contribution < -0.4 is 0 Å². The summed E-state index contributed by atoms with van der Waals surface area (Å²) in [5.74, 6) is -3.19. The summed E-state index contributed by atoms with van der Waals surface area (Å²) < 4.78 is 28.4. The van der Waals surface area contributed by atoms with E-state index in [1.165, 1.54) is 57.8 Å². The Morgan fingerprint density at radius 1 is 0.430 bits per heavy atom. The van der Waals surface area contributed by atoms with Gasteiger partial charge in [-0.1, -0.05) is 208 Å². The number of ether oxygens (including phenoxy) is 5. The summed E-state index contributed by atoms with van der Waals surface area (Å²) >= 11 is 0. The second kappa shape index (κ2) is 54.2. The zero-order valence-corrected chi connectivity index (χ0v) is 49.6. The van der Waals surface area contributed by atoms with E-state index >= 15 is 0 Å². The fourth-order valence-corrected chi connectivity index (χ4v) is 8.83. The molecule has 450 valence electrons. The molecule has 1 fully saturated rings. The standard InChI is InChI=1S/C67H110O12/c1-4-7-10-13-16-19-22-25-28-29-30-31-34-35-38-41-44-47-50-53-59(68)75-56-58(77-60(69)54-51-48-45-42-39-36-32-26-23-20-17-14-11-8-5-2)57-76-67-65(63(72)62(71)64(79-67)66(73)74)78-61(70)55-52-49-46-43-40-37-33-27-24-21-18-15-12-9-6-3/h7,10,16-17,19-20,25-28,30-33,35,38,58,62-65,67,71-72H,4-6,8-9,11-15,18,21-24,29,34,36-37,39-57H2,1-3H3,(H,73,74)/b10-7-,19-16-,20-17-,28-25-,31-30-,32-26-,33-27-,38-35-. The molecule has 0 aromatic carbocycles. The van der Waals surface area contributed by atoms with Crippen LogP contribution in [0.2, 0.25) is 0 Å². The Kier molecular flexibility index (Phi) is 49.9. The lowest BCUT2D eigenvalue weighted by atomic mass is 9.98.